The van der Waals surface area contributed by atoms with Gasteiger partial charge in [0.2, 0.25) is 10.0 Å². The van der Waals surface area contributed by atoms with E-state index in [1.807, 2.05) is 0 Å². The number of halogens is 2. The summed E-state index contributed by atoms with van der Waals surface area (Å²) in [6.07, 6.45) is 4.30. The van der Waals surface area contributed by atoms with E-state index < -0.39 is 10.0 Å². The highest BCUT2D eigenvalue weighted by atomic mass is 35.5. The molecule has 1 aromatic carbocycles. The van der Waals surface area contributed by atoms with Gasteiger partial charge >= 0.3 is 0 Å². The topological polar surface area (TPSA) is 46.2 Å². The van der Waals surface area contributed by atoms with Gasteiger partial charge in [-0.3, -0.25) is 0 Å². The summed E-state index contributed by atoms with van der Waals surface area (Å²) in [4.78, 5) is 0. The molecule has 0 aliphatic heterocycles. The van der Waals surface area contributed by atoms with Gasteiger partial charge < -0.3 is 0 Å². The largest absolute Gasteiger partial charge is 0.215 e. The van der Waals surface area contributed by atoms with Crippen LogP contribution in [0, 0.1) is 5.92 Å². The van der Waals surface area contributed by atoms with E-state index in [0.29, 0.717) is 28.1 Å². The van der Waals surface area contributed by atoms with Gasteiger partial charge in [0.05, 0.1) is 15.8 Å². The van der Waals surface area contributed by atoms with Crippen LogP contribution >= 0.6 is 23.2 Å². The monoisotopic (exact) mass is 351 g/mol. The Balaban J connectivity index is 2.58. The summed E-state index contributed by atoms with van der Waals surface area (Å²) in [6, 6.07) is 4.89. The second-order valence-electron chi connectivity index (χ2n) is 5.27. The SMILES string of the molecule is CCCC[C@@H](CC)CNS(=O)(=O)Cc1ccc(Cl)c(Cl)c1. The summed E-state index contributed by atoms with van der Waals surface area (Å²) in [6.45, 7) is 4.73. The lowest BCUT2D eigenvalue weighted by Gasteiger charge is -2.15. The maximum absolute atomic E-state index is 12.1. The molecule has 0 aliphatic carbocycles. The Morgan fingerprint density at radius 2 is 1.90 bits per heavy atom. The number of benzene rings is 1. The summed E-state index contributed by atoms with van der Waals surface area (Å²) in [5.41, 5.74) is 0.638. The fourth-order valence-electron chi connectivity index (χ4n) is 2.09. The van der Waals surface area contributed by atoms with Crippen LogP contribution in [0.4, 0.5) is 0 Å². The second kappa shape index (κ2) is 8.99. The van der Waals surface area contributed by atoms with Gasteiger partial charge in [-0.15, -0.1) is 0 Å². The van der Waals surface area contributed by atoms with Crippen molar-refractivity contribution in [2.75, 3.05) is 6.54 Å². The first-order valence-electron chi connectivity index (χ1n) is 7.29. The molecule has 0 heterocycles. The molecule has 0 aliphatic rings. The van der Waals surface area contributed by atoms with Crippen LogP contribution in [0.25, 0.3) is 0 Å². The maximum atomic E-state index is 12.1. The molecule has 1 N–H and O–H groups in total. The third-order valence-electron chi connectivity index (χ3n) is 3.48. The molecule has 6 heteroatoms. The molecule has 0 bridgehead atoms. The summed E-state index contributed by atoms with van der Waals surface area (Å²) < 4.78 is 26.9. The molecular formula is C15H23Cl2NO2S. The van der Waals surface area contributed by atoms with Crippen molar-refractivity contribution in [2.45, 2.75) is 45.3 Å². The van der Waals surface area contributed by atoms with E-state index in [9.17, 15) is 8.42 Å². The van der Waals surface area contributed by atoms with E-state index in [4.69, 9.17) is 23.2 Å². The zero-order valence-corrected chi connectivity index (χ0v) is 14.9. The Morgan fingerprint density at radius 3 is 2.48 bits per heavy atom. The van der Waals surface area contributed by atoms with Crippen LogP contribution < -0.4 is 4.72 Å². The quantitative estimate of drug-likeness (QED) is 0.704. The van der Waals surface area contributed by atoms with Gasteiger partial charge in [0.25, 0.3) is 0 Å². The highest BCUT2D eigenvalue weighted by Crippen LogP contribution is 2.23. The molecule has 1 atom stereocenters. The molecule has 0 radical (unpaired) electrons. The van der Waals surface area contributed by atoms with Crippen LogP contribution in [0.1, 0.15) is 45.1 Å². The highest BCUT2D eigenvalue weighted by Gasteiger charge is 2.15. The molecule has 3 nitrogen and oxygen atoms in total. The van der Waals surface area contributed by atoms with E-state index in [0.717, 1.165) is 25.7 Å². The van der Waals surface area contributed by atoms with Gasteiger partial charge in [0, 0.05) is 6.54 Å². The lowest BCUT2D eigenvalue weighted by Crippen LogP contribution is -2.30. The Morgan fingerprint density at radius 1 is 1.19 bits per heavy atom. The van der Waals surface area contributed by atoms with E-state index in [1.165, 1.54) is 0 Å². The Hall–Kier alpha value is -0.290. The molecule has 0 unspecified atom stereocenters. The van der Waals surface area contributed by atoms with E-state index in [1.54, 1.807) is 18.2 Å². The Kier molecular flexibility index (Phi) is 8.03. The fraction of sp³-hybridized carbons (Fsp3) is 0.600. The first-order valence-corrected chi connectivity index (χ1v) is 9.70. The van der Waals surface area contributed by atoms with Crippen molar-refractivity contribution in [1.29, 1.82) is 0 Å². The number of hydrogen-bond donors (Lipinski definition) is 1. The number of hydrogen-bond acceptors (Lipinski definition) is 2. The minimum Gasteiger partial charge on any atom is -0.215 e. The van der Waals surface area contributed by atoms with Crippen molar-refractivity contribution >= 4 is 33.2 Å². The molecule has 1 aromatic rings. The summed E-state index contributed by atoms with van der Waals surface area (Å²) in [5.74, 6) is 0.321. The van der Waals surface area contributed by atoms with Gasteiger partial charge in [-0.05, 0) is 30.0 Å². The lowest BCUT2D eigenvalue weighted by atomic mass is 10.00. The van der Waals surface area contributed by atoms with E-state index >= 15 is 0 Å². The predicted octanol–water partition coefficient (Wildman–Crippen LogP) is 4.63. The summed E-state index contributed by atoms with van der Waals surface area (Å²) in [7, 11) is -3.35. The Labute approximate surface area is 138 Å². The van der Waals surface area contributed by atoms with Crippen LogP contribution in [-0.4, -0.2) is 15.0 Å². The molecule has 0 saturated heterocycles. The van der Waals surface area contributed by atoms with Gasteiger partial charge in [0.1, 0.15) is 0 Å². The fourth-order valence-corrected chi connectivity index (χ4v) is 3.62. The molecule has 0 aromatic heterocycles. The molecular weight excluding hydrogens is 329 g/mol. The normalized spacial score (nSPS) is 13.3. The number of nitrogens with one attached hydrogen (secondary N) is 1. The number of unbranched alkanes of at least 4 members (excludes halogenated alkanes) is 1. The van der Waals surface area contributed by atoms with Crippen molar-refractivity contribution in [2.24, 2.45) is 5.92 Å². The van der Waals surface area contributed by atoms with Crippen molar-refractivity contribution in [3.8, 4) is 0 Å². The van der Waals surface area contributed by atoms with Crippen LogP contribution in [-0.2, 0) is 15.8 Å². The smallest absolute Gasteiger partial charge is 0.215 e. The van der Waals surface area contributed by atoms with Crippen molar-refractivity contribution < 1.29 is 8.42 Å². The van der Waals surface area contributed by atoms with Gasteiger partial charge in [0.15, 0.2) is 0 Å². The van der Waals surface area contributed by atoms with Crippen molar-refractivity contribution in [1.82, 2.24) is 4.72 Å². The van der Waals surface area contributed by atoms with E-state index in [2.05, 4.69) is 18.6 Å². The summed E-state index contributed by atoms with van der Waals surface area (Å²) in [5, 5.41) is 0.801. The molecule has 1 rings (SSSR count). The molecule has 120 valence electrons. The van der Waals surface area contributed by atoms with Gasteiger partial charge in [-0.1, -0.05) is 62.4 Å². The zero-order chi connectivity index (χ0) is 15.9. The third kappa shape index (κ3) is 7.00. The number of rotatable bonds is 9. The van der Waals surface area contributed by atoms with Crippen molar-refractivity contribution in [3.05, 3.63) is 33.8 Å². The third-order valence-corrected chi connectivity index (χ3v) is 5.53. The molecule has 21 heavy (non-hydrogen) atoms. The predicted molar refractivity (Wildman–Crippen MR) is 90.4 cm³/mol. The summed E-state index contributed by atoms with van der Waals surface area (Å²) >= 11 is 11.7. The molecule has 0 spiro atoms. The molecule has 0 saturated carbocycles. The molecule has 0 amide bonds. The van der Waals surface area contributed by atoms with Crippen LogP contribution in [0.15, 0.2) is 18.2 Å². The standard InChI is InChI=1S/C15H23Cl2NO2S/c1-3-5-6-12(4-2)10-18-21(19,20)11-13-7-8-14(16)15(17)9-13/h7-9,12,18H,3-6,10-11H2,1-2H3/t12-/m1/s1. The average molecular weight is 352 g/mol. The first-order chi connectivity index (χ1) is 9.88. The number of sulfonamides is 1. The Bertz CT molecular complexity index is 547. The van der Waals surface area contributed by atoms with Crippen molar-refractivity contribution in [3.63, 3.8) is 0 Å². The highest BCUT2D eigenvalue weighted by molar-refractivity contribution is 7.88. The second-order valence-corrected chi connectivity index (χ2v) is 7.89. The molecule has 0 fully saturated rings. The van der Waals surface area contributed by atoms with Crippen LogP contribution in [0.3, 0.4) is 0 Å². The first kappa shape index (κ1) is 18.8. The average Bonchev–Trinajstić information content (AvgIpc) is 2.43. The minimum atomic E-state index is -3.35. The van der Waals surface area contributed by atoms with E-state index in [-0.39, 0.29) is 5.75 Å². The maximum Gasteiger partial charge on any atom is 0.215 e. The van der Waals surface area contributed by atoms with Crippen LogP contribution in [0.2, 0.25) is 10.0 Å². The zero-order valence-electron chi connectivity index (χ0n) is 12.5. The van der Waals surface area contributed by atoms with Gasteiger partial charge in [-0.2, -0.15) is 0 Å². The van der Waals surface area contributed by atoms with Gasteiger partial charge in [-0.25, -0.2) is 13.1 Å². The lowest BCUT2D eigenvalue weighted by molar-refractivity contribution is 0.443. The van der Waals surface area contributed by atoms with Crippen LogP contribution in [0.5, 0.6) is 0 Å². The minimum absolute atomic E-state index is 0.0753.